The number of ether oxygens (including phenoxy) is 2. The van der Waals surface area contributed by atoms with Crippen molar-refractivity contribution < 1.29 is 19.1 Å². The zero-order valence-electron chi connectivity index (χ0n) is 11.1. The third-order valence-corrected chi connectivity index (χ3v) is 2.78. The van der Waals surface area contributed by atoms with E-state index in [0.717, 1.165) is 25.9 Å². The van der Waals surface area contributed by atoms with Gasteiger partial charge in [0.1, 0.15) is 13.2 Å². The van der Waals surface area contributed by atoms with Crippen LogP contribution in [0.5, 0.6) is 0 Å². The number of hydrogen-bond donors (Lipinski definition) is 1. The molecule has 18 heavy (non-hydrogen) atoms. The molecule has 1 aliphatic rings. The highest BCUT2D eigenvalue weighted by atomic mass is 16.6. The molecular weight excluding hydrogens is 236 g/mol. The molecule has 6 nitrogen and oxygen atoms in total. The lowest BCUT2D eigenvalue weighted by atomic mass is 10.2. The second-order valence-corrected chi connectivity index (χ2v) is 4.31. The first-order valence-corrected chi connectivity index (χ1v) is 6.41. The maximum absolute atomic E-state index is 11.8. The summed E-state index contributed by atoms with van der Waals surface area (Å²) >= 11 is 0. The van der Waals surface area contributed by atoms with Crippen molar-refractivity contribution in [3.8, 4) is 0 Å². The highest BCUT2D eigenvalue weighted by Crippen LogP contribution is 2.12. The molecule has 1 saturated heterocycles. The van der Waals surface area contributed by atoms with E-state index in [1.54, 1.807) is 7.05 Å². The Morgan fingerprint density at radius 2 is 2.28 bits per heavy atom. The van der Waals surface area contributed by atoms with Gasteiger partial charge in [0.15, 0.2) is 0 Å². The Bertz CT molecular complexity index is 277. The minimum absolute atomic E-state index is 0.0115. The van der Waals surface area contributed by atoms with Gasteiger partial charge in [0.05, 0.1) is 6.10 Å². The lowest BCUT2D eigenvalue weighted by Crippen LogP contribution is -2.41. The van der Waals surface area contributed by atoms with E-state index in [1.165, 1.54) is 4.90 Å². The standard InChI is InChI=1S/C12H22N2O4/c1-3-6-14(8-11(15)13-2)12(16)18-9-10-5-4-7-17-10/h10H,3-9H2,1-2H3,(H,13,15)/t10-/m1/s1. The van der Waals surface area contributed by atoms with Crippen LogP contribution >= 0.6 is 0 Å². The lowest BCUT2D eigenvalue weighted by molar-refractivity contribution is -0.121. The quantitative estimate of drug-likeness (QED) is 0.763. The Labute approximate surface area is 108 Å². The Balaban J connectivity index is 2.35. The van der Waals surface area contributed by atoms with Gasteiger partial charge in [-0.05, 0) is 19.3 Å². The molecule has 104 valence electrons. The Kier molecular flexibility index (Phi) is 6.49. The number of rotatable bonds is 6. The van der Waals surface area contributed by atoms with Gasteiger partial charge in [0.25, 0.3) is 0 Å². The molecular formula is C12H22N2O4. The van der Waals surface area contributed by atoms with E-state index in [2.05, 4.69) is 5.32 Å². The average molecular weight is 258 g/mol. The van der Waals surface area contributed by atoms with Gasteiger partial charge < -0.3 is 14.8 Å². The minimum atomic E-state index is -0.448. The topological polar surface area (TPSA) is 67.9 Å². The fourth-order valence-electron chi connectivity index (χ4n) is 1.79. The Morgan fingerprint density at radius 1 is 1.50 bits per heavy atom. The molecule has 0 aliphatic carbocycles. The summed E-state index contributed by atoms with van der Waals surface area (Å²) in [6, 6.07) is 0. The van der Waals surface area contributed by atoms with E-state index in [9.17, 15) is 9.59 Å². The molecule has 1 fully saturated rings. The minimum Gasteiger partial charge on any atom is -0.447 e. The zero-order chi connectivity index (χ0) is 13.4. The van der Waals surface area contributed by atoms with Crippen LogP contribution in [0.15, 0.2) is 0 Å². The van der Waals surface area contributed by atoms with E-state index in [1.807, 2.05) is 6.92 Å². The van der Waals surface area contributed by atoms with Crippen molar-refractivity contribution in [3.63, 3.8) is 0 Å². The normalized spacial score (nSPS) is 18.4. The predicted molar refractivity (Wildman–Crippen MR) is 66.3 cm³/mol. The first-order valence-electron chi connectivity index (χ1n) is 6.41. The number of hydrogen-bond acceptors (Lipinski definition) is 4. The van der Waals surface area contributed by atoms with Crippen LogP contribution in [0.25, 0.3) is 0 Å². The van der Waals surface area contributed by atoms with Gasteiger partial charge in [-0.2, -0.15) is 0 Å². The highest BCUT2D eigenvalue weighted by molar-refractivity contribution is 5.81. The number of nitrogens with zero attached hydrogens (tertiary/aromatic N) is 1. The van der Waals surface area contributed by atoms with Gasteiger partial charge in [-0.15, -0.1) is 0 Å². The van der Waals surface area contributed by atoms with E-state index in [-0.39, 0.29) is 25.2 Å². The summed E-state index contributed by atoms with van der Waals surface area (Å²) in [6.07, 6.45) is 2.29. The first-order chi connectivity index (χ1) is 8.67. The average Bonchev–Trinajstić information content (AvgIpc) is 2.88. The maximum atomic E-state index is 11.8. The zero-order valence-corrected chi connectivity index (χ0v) is 11.1. The molecule has 0 spiro atoms. The van der Waals surface area contributed by atoms with E-state index < -0.39 is 6.09 Å². The fourth-order valence-corrected chi connectivity index (χ4v) is 1.79. The second kappa shape index (κ2) is 7.92. The van der Waals surface area contributed by atoms with Crippen molar-refractivity contribution in [3.05, 3.63) is 0 Å². The van der Waals surface area contributed by atoms with Crippen LogP contribution in [0.4, 0.5) is 4.79 Å². The summed E-state index contributed by atoms with van der Waals surface area (Å²) in [5.41, 5.74) is 0. The smallest absolute Gasteiger partial charge is 0.410 e. The van der Waals surface area contributed by atoms with E-state index in [0.29, 0.717) is 6.54 Å². The summed E-state index contributed by atoms with van der Waals surface area (Å²) < 4.78 is 10.5. The molecule has 0 bridgehead atoms. The van der Waals surface area contributed by atoms with Crippen LogP contribution in [0.1, 0.15) is 26.2 Å². The summed E-state index contributed by atoms with van der Waals surface area (Å²) in [5.74, 6) is -0.197. The monoisotopic (exact) mass is 258 g/mol. The van der Waals surface area contributed by atoms with Crippen molar-refractivity contribution in [1.82, 2.24) is 10.2 Å². The molecule has 1 atom stereocenters. The summed E-state index contributed by atoms with van der Waals surface area (Å²) in [5, 5.41) is 2.49. The van der Waals surface area contributed by atoms with Crippen LogP contribution in [0, 0.1) is 0 Å². The molecule has 1 aliphatic heterocycles. The van der Waals surface area contributed by atoms with Gasteiger partial charge in [0, 0.05) is 20.2 Å². The molecule has 1 N–H and O–H groups in total. The fraction of sp³-hybridized carbons (Fsp3) is 0.833. The van der Waals surface area contributed by atoms with Crippen molar-refractivity contribution in [1.29, 1.82) is 0 Å². The SMILES string of the molecule is CCCN(CC(=O)NC)C(=O)OC[C@H]1CCCO1. The maximum Gasteiger partial charge on any atom is 0.410 e. The van der Waals surface area contributed by atoms with Crippen molar-refractivity contribution >= 4 is 12.0 Å². The molecule has 0 aromatic rings. The second-order valence-electron chi connectivity index (χ2n) is 4.31. The molecule has 1 rings (SSSR count). The van der Waals surface area contributed by atoms with Gasteiger partial charge in [0.2, 0.25) is 5.91 Å². The Morgan fingerprint density at radius 3 is 2.83 bits per heavy atom. The third-order valence-electron chi connectivity index (χ3n) is 2.78. The number of likely N-dealkylation sites (N-methyl/N-ethyl adjacent to an activating group) is 1. The van der Waals surface area contributed by atoms with Crippen LogP contribution in [-0.4, -0.2) is 56.4 Å². The van der Waals surface area contributed by atoms with Crippen molar-refractivity contribution in [2.75, 3.05) is 33.4 Å². The van der Waals surface area contributed by atoms with Crippen molar-refractivity contribution in [2.45, 2.75) is 32.3 Å². The summed E-state index contributed by atoms with van der Waals surface area (Å²) in [7, 11) is 1.55. The lowest BCUT2D eigenvalue weighted by Gasteiger charge is -2.21. The molecule has 0 aromatic carbocycles. The van der Waals surface area contributed by atoms with Gasteiger partial charge >= 0.3 is 6.09 Å². The first kappa shape index (κ1) is 14.8. The van der Waals surface area contributed by atoms with Crippen molar-refractivity contribution in [2.24, 2.45) is 0 Å². The Hall–Kier alpha value is -1.30. The third kappa shape index (κ3) is 4.91. The number of carbonyl (C=O) groups excluding carboxylic acids is 2. The van der Waals surface area contributed by atoms with Crippen LogP contribution < -0.4 is 5.32 Å². The van der Waals surface area contributed by atoms with Gasteiger partial charge in [-0.1, -0.05) is 6.92 Å². The molecule has 0 radical (unpaired) electrons. The molecule has 0 aromatic heterocycles. The number of nitrogens with one attached hydrogen (secondary N) is 1. The van der Waals surface area contributed by atoms with E-state index >= 15 is 0 Å². The largest absolute Gasteiger partial charge is 0.447 e. The molecule has 1 heterocycles. The molecule has 0 unspecified atom stereocenters. The molecule has 2 amide bonds. The van der Waals surface area contributed by atoms with Gasteiger partial charge in [-0.25, -0.2) is 4.79 Å². The van der Waals surface area contributed by atoms with Crippen LogP contribution in [0.2, 0.25) is 0 Å². The molecule has 0 saturated carbocycles. The van der Waals surface area contributed by atoms with E-state index in [4.69, 9.17) is 9.47 Å². The predicted octanol–water partition coefficient (Wildman–Crippen LogP) is 0.760. The van der Waals surface area contributed by atoms with Crippen LogP contribution in [-0.2, 0) is 14.3 Å². The number of amides is 2. The summed E-state index contributed by atoms with van der Waals surface area (Å²) in [6.45, 7) is 3.50. The number of carbonyl (C=O) groups is 2. The molecule has 6 heteroatoms. The highest BCUT2D eigenvalue weighted by Gasteiger charge is 2.21. The van der Waals surface area contributed by atoms with Gasteiger partial charge in [-0.3, -0.25) is 9.69 Å². The van der Waals surface area contributed by atoms with Crippen LogP contribution in [0.3, 0.4) is 0 Å². The summed E-state index contributed by atoms with van der Waals surface area (Å²) in [4.78, 5) is 24.5.